The zero-order valence-electron chi connectivity index (χ0n) is 18.8. The Bertz CT molecular complexity index is 1310. The van der Waals surface area contributed by atoms with Crippen molar-refractivity contribution in [2.45, 2.75) is 32.2 Å². The average molecular weight is 489 g/mol. The Balaban J connectivity index is 1.34. The molecule has 172 valence electrons. The monoisotopic (exact) mass is 488 g/mol. The molecule has 2 aromatic carbocycles. The van der Waals surface area contributed by atoms with Crippen LogP contribution in [0.25, 0.3) is 16.3 Å². The van der Waals surface area contributed by atoms with Crippen LogP contribution in [-0.2, 0) is 9.59 Å². The molecular weight excluding hydrogens is 464 g/mol. The average Bonchev–Trinajstić information content (AvgIpc) is 3.50. The van der Waals surface area contributed by atoms with Gasteiger partial charge in [-0.25, -0.2) is 9.97 Å². The first-order valence-electron chi connectivity index (χ1n) is 11.3. The van der Waals surface area contributed by atoms with E-state index in [-0.39, 0.29) is 17.9 Å². The Labute approximate surface area is 206 Å². The number of carbonyl (C=O) groups is 2. The summed E-state index contributed by atoms with van der Waals surface area (Å²) < 4.78 is 1.15. The first-order valence-corrected chi connectivity index (χ1v) is 13.0. The summed E-state index contributed by atoms with van der Waals surface area (Å²) in [7, 11) is 0. The summed E-state index contributed by atoms with van der Waals surface area (Å²) in [6, 6.07) is 17.5. The van der Waals surface area contributed by atoms with Crippen LogP contribution in [0.2, 0.25) is 0 Å². The van der Waals surface area contributed by atoms with Crippen LogP contribution in [0, 0.1) is 0 Å². The zero-order chi connectivity index (χ0) is 23.5. The van der Waals surface area contributed by atoms with Gasteiger partial charge in [-0.05, 0) is 49.6 Å². The van der Waals surface area contributed by atoms with Gasteiger partial charge in [-0.2, -0.15) is 0 Å². The van der Waals surface area contributed by atoms with E-state index in [0.29, 0.717) is 10.8 Å². The van der Waals surface area contributed by atoms with Crippen LogP contribution in [0.4, 0.5) is 10.8 Å². The smallest absolute Gasteiger partial charge is 0.247 e. The number of benzene rings is 2. The van der Waals surface area contributed by atoms with E-state index in [1.165, 1.54) is 18.3 Å². The van der Waals surface area contributed by atoms with E-state index < -0.39 is 0 Å². The van der Waals surface area contributed by atoms with Gasteiger partial charge < -0.3 is 4.90 Å². The number of thiazole rings is 2. The molecule has 34 heavy (non-hydrogen) atoms. The zero-order valence-corrected chi connectivity index (χ0v) is 20.4. The third-order valence-electron chi connectivity index (χ3n) is 5.81. The highest BCUT2D eigenvalue weighted by atomic mass is 32.1. The van der Waals surface area contributed by atoms with Gasteiger partial charge in [0, 0.05) is 24.9 Å². The molecule has 0 radical (unpaired) electrons. The van der Waals surface area contributed by atoms with Crippen LogP contribution in [0.5, 0.6) is 0 Å². The van der Waals surface area contributed by atoms with Crippen molar-refractivity contribution in [1.82, 2.24) is 14.9 Å². The fourth-order valence-corrected chi connectivity index (χ4v) is 6.17. The third-order valence-corrected chi connectivity index (χ3v) is 7.79. The lowest BCUT2D eigenvalue weighted by Crippen LogP contribution is -2.37. The number of likely N-dealkylation sites (tertiary alicyclic amines) is 1. The standard InChI is InChI=1S/C26H24N4O2S2/c1-18(31)30(20-9-3-2-4-10-20)26-27-19(17-33-26)14-15-24(32)29-16-8-7-12-22(29)25-28-21-11-5-6-13-23(21)34-25/h2-6,9-11,13-15,17,22H,7-8,12,16H2,1H3. The van der Waals surface area contributed by atoms with Gasteiger partial charge in [0.05, 0.1) is 27.6 Å². The molecule has 8 heteroatoms. The van der Waals surface area contributed by atoms with Crippen LogP contribution in [0.15, 0.2) is 66.1 Å². The molecule has 0 N–H and O–H groups in total. The quantitative estimate of drug-likeness (QED) is 0.314. The summed E-state index contributed by atoms with van der Waals surface area (Å²) in [5.41, 5.74) is 2.41. The number of hydrogen-bond donors (Lipinski definition) is 0. The molecule has 2 amide bonds. The lowest BCUT2D eigenvalue weighted by Gasteiger charge is -2.33. The van der Waals surface area contributed by atoms with Gasteiger partial charge in [0.2, 0.25) is 11.8 Å². The molecule has 1 aliphatic heterocycles. The summed E-state index contributed by atoms with van der Waals surface area (Å²) in [4.78, 5) is 38.3. The molecule has 6 nitrogen and oxygen atoms in total. The van der Waals surface area contributed by atoms with Crippen molar-refractivity contribution in [2.75, 3.05) is 11.4 Å². The van der Waals surface area contributed by atoms with Crippen LogP contribution in [-0.4, -0.2) is 33.2 Å². The predicted octanol–water partition coefficient (Wildman–Crippen LogP) is 6.20. The lowest BCUT2D eigenvalue weighted by atomic mass is 10.0. The number of hydrogen-bond acceptors (Lipinski definition) is 6. The summed E-state index contributed by atoms with van der Waals surface area (Å²) in [5, 5.41) is 3.44. The summed E-state index contributed by atoms with van der Waals surface area (Å²) in [5.74, 6) is -0.149. The van der Waals surface area contributed by atoms with Gasteiger partial charge >= 0.3 is 0 Å². The van der Waals surface area contributed by atoms with Crippen LogP contribution < -0.4 is 4.90 Å². The fraction of sp³-hybridized carbons (Fsp3) is 0.231. The number of aromatic nitrogens is 2. The molecule has 0 aliphatic carbocycles. The third kappa shape index (κ3) is 4.64. The molecule has 1 saturated heterocycles. The highest BCUT2D eigenvalue weighted by Gasteiger charge is 2.29. The van der Waals surface area contributed by atoms with E-state index in [9.17, 15) is 9.59 Å². The van der Waals surface area contributed by atoms with Crippen LogP contribution in [0.3, 0.4) is 0 Å². The second-order valence-corrected chi connectivity index (χ2v) is 10.0. The molecule has 4 aromatic rings. The molecule has 3 heterocycles. The first kappa shape index (κ1) is 22.4. The van der Waals surface area contributed by atoms with Gasteiger partial charge in [0.25, 0.3) is 0 Å². The van der Waals surface area contributed by atoms with Crippen LogP contribution >= 0.6 is 22.7 Å². The van der Waals surface area contributed by atoms with Crippen molar-refractivity contribution in [1.29, 1.82) is 0 Å². The predicted molar refractivity (Wildman–Crippen MR) is 138 cm³/mol. The number of para-hydroxylation sites is 2. The summed E-state index contributed by atoms with van der Waals surface area (Å²) in [6.45, 7) is 2.24. The maximum atomic E-state index is 13.2. The van der Waals surface area contributed by atoms with Crippen molar-refractivity contribution in [2.24, 2.45) is 0 Å². The molecule has 0 saturated carbocycles. The van der Waals surface area contributed by atoms with Crippen molar-refractivity contribution < 1.29 is 9.59 Å². The van der Waals surface area contributed by atoms with Crippen molar-refractivity contribution in [3.05, 3.63) is 76.8 Å². The van der Waals surface area contributed by atoms with Gasteiger partial charge in [-0.3, -0.25) is 14.5 Å². The number of rotatable bonds is 5. The van der Waals surface area contributed by atoms with Gasteiger partial charge in [-0.15, -0.1) is 22.7 Å². The second-order valence-electron chi connectivity index (χ2n) is 8.14. The number of carbonyl (C=O) groups excluding carboxylic acids is 2. The minimum atomic E-state index is -0.112. The Hall–Kier alpha value is -3.36. The van der Waals surface area contributed by atoms with E-state index in [4.69, 9.17) is 4.98 Å². The molecule has 0 bridgehead atoms. The molecule has 2 aromatic heterocycles. The van der Waals surface area contributed by atoms with Crippen molar-refractivity contribution in [3.63, 3.8) is 0 Å². The molecule has 1 unspecified atom stereocenters. The molecule has 0 spiro atoms. The summed E-state index contributed by atoms with van der Waals surface area (Å²) in [6.07, 6.45) is 6.32. The molecule has 1 fully saturated rings. The van der Waals surface area contributed by atoms with E-state index in [0.717, 1.165) is 46.7 Å². The minimum Gasteiger partial charge on any atom is -0.330 e. The molecule has 1 aliphatic rings. The Morgan fingerprint density at radius 3 is 2.65 bits per heavy atom. The van der Waals surface area contributed by atoms with Gasteiger partial charge in [0.15, 0.2) is 5.13 Å². The highest BCUT2D eigenvalue weighted by Crippen LogP contribution is 2.36. The number of piperidine rings is 1. The van der Waals surface area contributed by atoms with E-state index in [2.05, 4.69) is 11.1 Å². The number of nitrogens with zero attached hydrogens (tertiary/aromatic N) is 4. The topological polar surface area (TPSA) is 66.4 Å². The lowest BCUT2D eigenvalue weighted by molar-refractivity contribution is -0.129. The summed E-state index contributed by atoms with van der Waals surface area (Å²) >= 11 is 3.05. The van der Waals surface area contributed by atoms with Gasteiger partial charge in [0.1, 0.15) is 5.01 Å². The second kappa shape index (κ2) is 9.87. The molecule has 1 atom stereocenters. The SMILES string of the molecule is CC(=O)N(c1ccccc1)c1nc(C=CC(=O)N2CCCCC2c2nc3ccccc3s2)cs1. The Morgan fingerprint density at radius 2 is 1.85 bits per heavy atom. The Kier molecular flexibility index (Phi) is 6.51. The van der Waals surface area contributed by atoms with E-state index in [1.54, 1.807) is 28.4 Å². The largest absolute Gasteiger partial charge is 0.330 e. The normalized spacial score (nSPS) is 16.3. The van der Waals surface area contributed by atoms with Crippen molar-refractivity contribution in [3.8, 4) is 0 Å². The van der Waals surface area contributed by atoms with E-state index >= 15 is 0 Å². The highest BCUT2D eigenvalue weighted by molar-refractivity contribution is 7.18. The molecular formula is C26H24N4O2S2. The molecule has 5 rings (SSSR count). The number of anilines is 2. The number of amides is 2. The fourth-order valence-electron chi connectivity index (χ4n) is 4.20. The van der Waals surface area contributed by atoms with Crippen LogP contribution in [0.1, 0.15) is 42.9 Å². The maximum absolute atomic E-state index is 13.2. The Morgan fingerprint density at radius 1 is 1.06 bits per heavy atom. The van der Waals surface area contributed by atoms with E-state index in [1.807, 2.05) is 58.8 Å². The maximum Gasteiger partial charge on any atom is 0.247 e. The van der Waals surface area contributed by atoms with Gasteiger partial charge in [-0.1, -0.05) is 30.3 Å². The number of fused-ring (bicyclic) bond motifs is 1. The minimum absolute atomic E-state index is 0.000537. The first-order chi connectivity index (χ1) is 16.6. The van der Waals surface area contributed by atoms with Crippen molar-refractivity contribution >= 4 is 61.6 Å².